The van der Waals surface area contributed by atoms with Crippen molar-refractivity contribution in [2.24, 2.45) is 5.92 Å². The van der Waals surface area contributed by atoms with Crippen molar-refractivity contribution in [2.45, 2.75) is 39.2 Å². The van der Waals surface area contributed by atoms with Crippen molar-refractivity contribution in [1.29, 1.82) is 0 Å². The van der Waals surface area contributed by atoms with Crippen LogP contribution in [0.3, 0.4) is 0 Å². The normalized spacial score (nSPS) is 14.4. The summed E-state index contributed by atoms with van der Waals surface area (Å²) in [7, 11) is 4.22. The Bertz CT molecular complexity index is 160. The zero-order valence-electron chi connectivity index (χ0n) is 9.02. The first-order valence-electron chi connectivity index (χ1n) is 4.68. The zero-order valence-corrected chi connectivity index (χ0v) is 9.02. The van der Waals surface area contributed by atoms with E-state index in [1.54, 1.807) is 0 Å². The van der Waals surface area contributed by atoms with Gasteiger partial charge in [0.05, 0.1) is 0 Å². The molecule has 0 aliphatic carbocycles. The lowest BCUT2D eigenvalue weighted by atomic mass is 9.80. The molecule has 0 aromatic carbocycles. The third kappa shape index (κ3) is 1.81. The SMILES string of the molecule is C#CC(C)C(CC)(CC)N(C)C. The van der Waals surface area contributed by atoms with Crippen LogP contribution in [0.5, 0.6) is 0 Å². The molecule has 0 heterocycles. The molecule has 0 spiro atoms. The Morgan fingerprint density at radius 1 is 1.33 bits per heavy atom. The molecule has 1 heteroatoms. The van der Waals surface area contributed by atoms with Crippen LogP contribution in [-0.2, 0) is 0 Å². The molecule has 1 nitrogen and oxygen atoms in total. The van der Waals surface area contributed by atoms with E-state index in [-0.39, 0.29) is 5.54 Å². The maximum absolute atomic E-state index is 5.47. The van der Waals surface area contributed by atoms with Crippen molar-refractivity contribution in [3.8, 4) is 12.3 Å². The Hall–Kier alpha value is -0.480. The van der Waals surface area contributed by atoms with Gasteiger partial charge in [0.15, 0.2) is 0 Å². The Morgan fingerprint density at radius 2 is 1.75 bits per heavy atom. The quantitative estimate of drug-likeness (QED) is 0.581. The van der Waals surface area contributed by atoms with E-state index in [1.807, 2.05) is 0 Å². The lowest BCUT2D eigenvalue weighted by Gasteiger charge is -2.41. The third-order valence-corrected chi connectivity index (χ3v) is 3.17. The smallest absolute Gasteiger partial charge is 0.0355 e. The molecule has 0 radical (unpaired) electrons. The van der Waals surface area contributed by atoms with Gasteiger partial charge < -0.3 is 4.90 Å². The van der Waals surface area contributed by atoms with Gasteiger partial charge in [-0.3, -0.25) is 0 Å². The first-order chi connectivity index (χ1) is 5.55. The van der Waals surface area contributed by atoms with E-state index in [1.165, 1.54) is 0 Å². The second-order valence-electron chi connectivity index (χ2n) is 3.59. The summed E-state index contributed by atoms with van der Waals surface area (Å²) in [5.74, 6) is 3.17. The van der Waals surface area contributed by atoms with Gasteiger partial charge in [0.2, 0.25) is 0 Å². The molecule has 1 unspecified atom stereocenters. The highest BCUT2D eigenvalue weighted by Gasteiger charge is 2.33. The van der Waals surface area contributed by atoms with Gasteiger partial charge in [-0.15, -0.1) is 12.3 Å². The molecule has 1 atom stereocenters. The summed E-state index contributed by atoms with van der Waals surface area (Å²) < 4.78 is 0. The molecule has 70 valence electrons. The number of hydrogen-bond acceptors (Lipinski definition) is 1. The van der Waals surface area contributed by atoms with Crippen LogP contribution >= 0.6 is 0 Å². The molecule has 0 N–H and O–H groups in total. The molecule has 0 aromatic heterocycles. The number of hydrogen-bond donors (Lipinski definition) is 0. The predicted molar refractivity (Wildman–Crippen MR) is 55.0 cm³/mol. The molecular weight excluding hydrogens is 146 g/mol. The Morgan fingerprint density at radius 3 is 1.83 bits per heavy atom. The Labute approximate surface area is 77.1 Å². The largest absolute Gasteiger partial charge is 0.303 e. The van der Waals surface area contributed by atoms with E-state index in [0.717, 1.165) is 12.8 Å². The minimum absolute atomic E-state index is 0.189. The molecule has 12 heavy (non-hydrogen) atoms. The van der Waals surface area contributed by atoms with Crippen molar-refractivity contribution in [3.05, 3.63) is 0 Å². The van der Waals surface area contributed by atoms with E-state index in [0.29, 0.717) is 5.92 Å². The molecule has 0 amide bonds. The molecule has 0 aliphatic rings. The molecule has 0 aromatic rings. The van der Waals surface area contributed by atoms with Crippen LogP contribution in [0.1, 0.15) is 33.6 Å². The first-order valence-corrected chi connectivity index (χ1v) is 4.68. The number of nitrogens with zero attached hydrogens (tertiary/aromatic N) is 1. The van der Waals surface area contributed by atoms with Crippen molar-refractivity contribution >= 4 is 0 Å². The monoisotopic (exact) mass is 167 g/mol. The van der Waals surface area contributed by atoms with Crippen LogP contribution in [0.15, 0.2) is 0 Å². The standard InChI is InChI=1S/C11H21N/c1-7-10(4)11(8-2,9-3)12(5)6/h1,10H,8-9H2,2-6H3. The number of terminal acetylenes is 1. The van der Waals surface area contributed by atoms with Crippen molar-refractivity contribution in [3.63, 3.8) is 0 Å². The van der Waals surface area contributed by atoms with Crippen LogP contribution in [0.2, 0.25) is 0 Å². The minimum Gasteiger partial charge on any atom is -0.303 e. The zero-order chi connectivity index (χ0) is 9.78. The van der Waals surface area contributed by atoms with Crippen molar-refractivity contribution in [1.82, 2.24) is 4.90 Å². The second kappa shape index (κ2) is 4.52. The van der Waals surface area contributed by atoms with E-state index in [9.17, 15) is 0 Å². The third-order valence-electron chi connectivity index (χ3n) is 3.17. The van der Waals surface area contributed by atoms with Gasteiger partial charge in [-0.1, -0.05) is 13.8 Å². The van der Waals surface area contributed by atoms with Gasteiger partial charge in [-0.2, -0.15) is 0 Å². The van der Waals surface area contributed by atoms with Crippen LogP contribution in [0.25, 0.3) is 0 Å². The Kier molecular flexibility index (Phi) is 4.34. The predicted octanol–water partition coefficient (Wildman–Crippen LogP) is 2.38. The van der Waals surface area contributed by atoms with Gasteiger partial charge >= 0.3 is 0 Å². The lowest BCUT2D eigenvalue weighted by molar-refractivity contribution is 0.102. The fraction of sp³-hybridized carbons (Fsp3) is 0.818. The van der Waals surface area contributed by atoms with E-state index >= 15 is 0 Å². The first kappa shape index (κ1) is 11.5. The average molecular weight is 167 g/mol. The van der Waals surface area contributed by atoms with Crippen LogP contribution in [0, 0.1) is 18.3 Å². The van der Waals surface area contributed by atoms with Crippen molar-refractivity contribution < 1.29 is 0 Å². The average Bonchev–Trinajstić information content (AvgIpc) is 2.06. The molecule has 0 rings (SSSR count). The van der Waals surface area contributed by atoms with Crippen molar-refractivity contribution in [2.75, 3.05) is 14.1 Å². The maximum atomic E-state index is 5.47. The summed E-state index contributed by atoms with van der Waals surface area (Å²) in [6.07, 6.45) is 7.70. The van der Waals surface area contributed by atoms with E-state index < -0.39 is 0 Å². The van der Waals surface area contributed by atoms with Gasteiger partial charge in [0.1, 0.15) is 0 Å². The molecule has 0 bridgehead atoms. The summed E-state index contributed by atoms with van der Waals surface area (Å²) >= 11 is 0. The molecule has 0 saturated carbocycles. The van der Waals surface area contributed by atoms with Gasteiger partial charge in [0.25, 0.3) is 0 Å². The minimum atomic E-state index is 0.189. The van der Waals surface area contributed by atoms with Gasteiger partial charge in [-0.05, 0) is 33.9 Å². The second-order valence-corrected chi connectivity index (χ2v) is 3.59. The van der Waals surface area contributed by atoms with Crippen LogP contribution in [0.4, 0.5) is 0 Å². The maximum Gasteiger partial charge on any atom is 0.0355 e. The number of rotatable bonds is 4. The highest BCUT2D eigenvalue weighted by atomic mass is 15.1. The van der Waals surface area contributed by atoms with Gasteiger partial charge in [-0.25, -0.2) is 0 Å². The van der Waals surface area contributed by atoms with Crippen LogP contribution < -0.4 is 0 Å². The summed E-state index contributed by atoms with van der Waals surface area (Å²) in [6.45, 7) is 6.54. The summed E-state index contributed by atoms with van der Waals surface area (Å²) in [6, 6.07) is 0. The molecule has 0 aliphatic heterocycles. The van der Waals surface area contributed by atoms with E-state index in [4.69, 9.17) is 6.42 Å². The fourth-order valence-corrected chi connectivity index (χ4v) is 2.04. The fourth-order valence-electron chi connectivity index (χ4n) is 2.04. The summed E-state index contributed by atoms with van der Waals surface area (Å²) in [5, 5.41) is 0. The van der Waals surface area contributed by atoms with E-state index in [2.05, 4.69) is 45.7 Å². The highest BCUT2D eigenvalue weighted by Crippen LogP contribution is 2.29. The topological polar surface area (TPSA) is 3.24 Å². The lowest BCUT2D eigenvalue weighted by Crippen LogP contribution is -2.48. The van der Waals surface area contributed by atoms with Gasteiger partial charge in [0, 0.05) is 11.5 Å². The highest BCUT2D eigenvalue weighted by molar-refractivity contribution is 5.05. The molecular formula is C11H21N. The summed E-state index contributed by atoms with van der Waals surface area (Å²) in [5.41, 5.74) is 0.189. The molecule has 0 fully saturated rings. The molecule has 0 saturated heterocycles. The van der Waals surface area contributed by atoms with Crippen LogP contribution in [-0.4, -0.2) is 24.5 Å². The summed E-state index contributed by atoms with van der Waals surface area (Å²) in [4.78, 5) is 2.26. The Balaban J connectivity index is 4.71.